The summed E-state index contributed by atoms with van der Waals surface area (Å²) in [6.07, 6.45) is 0.296. The maximum Gasteiger partial charge on any atom is 0.264 e. The van der Waals surface area contributed by atoms with Gasteiger partial charge in [-0.05, 0) is 48.4 Å². The first-order valence-electron chi connectivity index (χ1n) is 11.4. The van der Waals surface area contributed by atoms with Gasteiger partial charge in [0, 0.05) is 28.7 Å². The highest BCUT2D eigenvalue weighted by Gasteiger charge is 2.33. The van der Waals surface area contributed by atoms with E-state index in [1.54, 1.807) is 49.4 Å². The Kier molecular flexibility index (Phi) is 9.84. The summed E-state index contributed by atoms with van der Waals surface area (Å²) >= 11 is 18.7. The van der Waals surface area contributed by atoms with E-state index in [1.165, 1.54) is 42.3 Å². The Hall–Kier alpha value is -2.78. The third-order valence-corrected chi connectivity index (χ3v) is 8.27. The van der Waals surface area contributed by atoms with Gasteiger partial charge in [0.1, 0.15) is 12.6 Å². The number of carbonyl (C=O) groups excluding carboxylic acids is 2. The highest BCUT2D eigenvalue weighted by atomic mass is 35.5. The van der Waals surface area contributed by atoms with E-state index < -0.39 is 28.5 Å². The largest absolute Gasteiger partial charge is 0.357 e. The molecule has 3 aromatic carbocycles. The molecule has 0 aliphatic carbocycles. The van der Waals surface area contributed by atoms with Crippen molar-refractivity contribution in [3.63, 3.8) is 0 Å². The number of benzene rings is 3. The van der Waals surface area contributed by atoms with Crippen LogP contribution in [-0.4, -0.2) is 44.8 Å². The van der Waals surface area contributed by atoms with Gasteiger partial charge in [0.05, 0.1) is 10.6 Å². The molecule has 0 aliphatic heterocycles. The predicted octanol–water partition coefficient (Wildman–Crippen LogP) is 5.40. The molecule has 0 spiro atoms. The Balaban J connectivity index is 2.10. The maximum atomic E-state index is 13.8. The number of anilines is 1. The molecule has 1 N–H and O–H groups in total. The third-order valence-electron chi connectivity index (χ3n) is 5.68. The maximum absolute atomic E-state index is 13.8. The van der Waals surface area contributed by atoms with Gasteiger partial charge >= 0.3 is 0 Å². The van der Waals surface area contributed by atoms with E-state index in [0.29, 0.717) is 17.0 Å². The van der Waals surface area contributed by atoms with Gasteiger partial charge in [-0.2, -0.15) is 0 Å². The normalized spacial score (nSPS) is 12.0. The minimum Gasteiger partial charge on any atom is -0.357 e. The van der Waals surface area contributed by atoms with E-state index in [-0.39, 0.29) is 33.1 Å². The van der Waals surface area contributed by atoms with Crippen LogP contribution < -0.4 is 9.62 Å². The second-order valence-corrected chi connectivity index (χ2v) is 11.2. The number of nitrogens with zero attached hydrogens (tertiary/aromatic N) is 2. The quantitative estimate of drug-likeness (QED) is 0.347. The molecule has 0 aliphatic rings. The van der Waals surface area contributed by atoms with Crippen molar-refractivity contribution in [2.75, 3.05) is 17.9 Å². The lowest BCUT2D eigenvalue weighted by molar-refractivity contribution is -0.140. The van der Waals surface area contributed by atoms with Crippen LogP contribution in [0.3, 0.4) is 0 Å². The molecular weight excluding hydrogens is 557 g/mol. The molecular formula is C26H26Cl3N3O4S. The number of halogens is 3. The molecule has 0 heterocycles. The Labute approximate surface area is 232 Å². The molecule has 0 saturated carbocycles. The summed E-state index contributed by atoms with van der Waals surface area (Å²) in [4.78, 5) is 27.9. The van der Waals surface area contributed by atoms with Crippen LogP contribution in [0.1, 0.15) is 18.9 Å². The number of amides is 2. The van der Waals surface area contributed by atoms with Crippen LogP contribution in [0.25, 0.3) is 0 Å². The average Bonchev–Trinajstić information content (AvgIpc) is 2.87. The number of likely N-dealkylation sites (N-methyl/N-ethyl adjacent to an activating group) is 1. The third kappa shape index (κ3) is 6.96. The molecule has 0 saturated heterocycles. The molecule has 1 atom stereocenters. The number of sulfonamides is 1. The van der Waals surface area contributed by atoms with E-state index >= 15 is 0 Å². The Morgan fingerprint density at radius 2 is 1.51 bits per heavy atom. The van der Waals surface area contributed by atoms with Crippen molar-refractivity contribution in [3.05, 3.63) is 93.4 Å². The Morgan fingerprint density at radius 1 is 0.919 bits per heavy atom. The van der Waals surface area contributed by atoms with Gasteiger partial charge < -0.3 is 10.2 Å². The Morgan fingerprint density at radius 3 is 2.08 bits per heavy atom. The molecule has 11 heteroatoms. The summed E-state index contributed by atoms with van der Waals surface area (Å²) in [7, 11) is -2.74. The van der Waals surface area contributed by atoms with Gasteiger partial charge in [-0.1, -0.05) is 78.1 Å². The molecule has 196 valence electrons. The molecule has 0 fully saturated rings. The molecule has 2 amide bonds. The first kappa shape index (κ1) is 28.8. The first-order chi connectivity index (χ1) is 17.6. The zero-order valence-electron chi connectivity index (χ0n) is 20.2. The van der Waals surface area contributed by atoms with Crippen LogP contribution in [0, 0.1) is 0 Å². The smallest absolute Gasteiger partial charge is 0.264 e. The molecule has 0 aromatic heterocycles. The SMILES string of the molecule is CCC(C(=O)NC)N(Cc1ccccc1Cl)C(=O)CN(c1cc(Cl)cc(Cl)c1)S(=O)(=O)c1ccccc1. The second kappa shape index (κ2) is 12.6. The van der Waals surface area contributed by atoms with E-state index in [4.69, 9.17) is 34.8 Å². The van der Waals surface area contributed by atoms with Gasteiger partial charge in [0.15, 0.2) is 0 Å². The number of carbonyl (C=O) groups is 2. The minimum atomic E-state index is -4.21. The van der Waals surface area contributed by atoms with E-state index in [9.17, 15) is 18.0 Å². The molecule has 3 aromatic rings. The van der Waals surface area contributed by atoms with E-state index in [0.717, 1.165) is 4.31 Å². The van der Waals surface area contributed by atoms with Crippen molar-refractivity contribution in [2.24, 2.45) is 0 Å². The van der Waals surface area contributed by atoms with Crippen molar-refractivity contribution in [1.82, 2.24) is 10.2 Å². The lowest BCUT2D eigenvalue weighted by atomic mass is 10.1. The monoisotopic (exact) mass is 581 g/mol. The summed E-state index contributed by atoms with van der Waals surface area (Å²) in [5, 5.41) is 3.40. The van der Waals surface area contributed by atoms with Crippen LogP contribution in [-0.2, 0) is 26.2 Å². The van der Waals surface area contributed by atoms with Crippen molar-refractivity contribution >= 4 is 62.3 Å². The van der Waals surface area contributed by atoms with Crippen LogP contribution in [0.2, 0.25) is 15.1 Å². The highest BCUT2D eigenvalue weighted by Crippen LogP contribution is 2.30. The average molecular weight is 583 g/mol. The van der Waals surface area contributed by atoms with Gasteiger partial charge in [0.2, 0.25) is 11.8 Å². The fraction of sp³-hybridized carbons (Fsp3) is 0.231. The van der Waals surface area contributed by atoms with Crippen LogP contribution in [0.4, 0.5) is 5.69 Å². The zero-order chi connectivity index (χ0) is 27.2. The first-order valence-corrected chi connectivity index (χ1v) is 13.9. The van der Waals surface area contributed by atoms with E-state index in [1.807, 2.05) is 0 Å². The fourth-order valence-corrected chi connectivity index (χ4v) is 5.96. The lowest BCUT2D eigenvalue weighted by Gasteiger charge is -2.33. The number of hydrogen-bond acceptors (Lipinski definition) is 4. The molecule has 3 rings (SSSR count). The number of nitrogens with one attached hydrogen (secondary N) is 1. The van der Waals surface area contributed by atoms with Gasteiger partial charge in [-0.25, -0.2) is 8.42 Å². The van der Waals surface area contributed by atoms with Gasteiger partial charge in [-0.3, -0.25) is 13.9 Å². The van der Waals surface area contributed by atoms with Crippen LogP contribution >= 0.6 is 34.8 Å². The second-order valence-electron chi connectivity index (χ2n) is 8.10. The summed E-state index contributed by atoms with van der Waals surface area (Å²) in [6.45, 7) is 1.16. The van der Waals surface area contributed by atoms with Crippen molar-refractivity contribution < 1.29 is 18.0 Å². The molecule has 0 radical (unpaired) electrons. The summed E-state index contributed by atoms with van der Waals surface area (Å²) < 4.78 is 28.4. The molecule has 37 heavy (non-hydrogen) atoms. The van der Waals surface area contributed by atoms with Gasteiger partial charge in [-0.15, -0.1) is 0 Å². The summed E-state index contributed by atoms with van der Waals surface area (Å²) in [5.74, 6) is -0.989. The topological polar surface area (TPSA) is 86.8 Å². The zero-order valence-corrected chi connectivity index (χ0v) is 23.3. The Bertz CT molecular complexity index is 1350. The fourth-order valence-electron chi connectivity index (χ4n) is 3.83. The van der Waals surface area contributed by atoms with Crippen LogP contribution in [0.15, 0.2) is 77.7 Å². The standard InChI is InChI=1S/C26H26Cl3N3O4S/c1-3-24(26(34)30-2)31(16-18-9-7-8-12-23(18)29)25(33)17-32(21-14-19(27)13-20(28)15-21)37(35,36)22-10-5-4-6-11-22/h4-15,24H,3,16-17H2,1-2H3,(H,30,34). The van der Waals surface area contributed by atoms with Crippen molar-refractivity contribution in [3.8, 4) is 0 Å². The van der Waals surface area contributed by atoms with E-state index in [2.05, 4.69) is 5.32 Å². The van der Waals surface area contributed by atoms with Crippen LogP contribution in [0.5, 0.6) is 0 Å². The predicted molar refractivity (Wildman–Crippen MR) is 148 cm³/mol. The molecule has 1 unspecified atom stereocenters. The number of rotatable bonds is 10. The lowest BCUT2D eigenvalue weighted by Crippen LogP contribution is -2.51. The van der Waals surface area contributed by atoms with Crippen molar-refractivity contribution in [2.45, 2.75) is 30.8 Å². The van der Waals surface area contributed by atoms with Crippen molar-refractivity contribution in [1.29, 1.82) is 0 Å². The molecule has 7 nitrogen and oxygen atoms in total. The minimum absolute atomic E-state index is 0.0000397. The van der Waals surface area contributed by atoms with Gasteiger partial charge in [0.25, 0.3) is 10.0 Å². The number of hydrogen-bond donors (Lipinski definition) is 1. The highest BCUT2D eigenvalue weighted by molar-refractivity contribution is 7.92. The summed E-state index contributed by atoms with van der Waals surface area (Å²) in [5.41, 5.74) is 0.725. The summed E-state index contributed by atoms with van der Waals surface area (Å²) in [6, 6.07) is 18.1. The molecule has 0 bridgehead atoms.